The van der Waals surface area contributed by atoms with Crippen molar-refractivity contribution in [2.45, 2.75) is 51.0 Å². The molecule has 1 N–H and O–H groups in total. The highest BCUT2D eigenvalue weighted by Gasteiger charge is 2.38. The van der Waals surface area contributed by atoms with Crippen molar-refractivity contribution in [3.05, 3.63) is 77.4 Å². The van der Waals surface area contributed by atoms with Gasteiger partial charge in [-0.2, -0.15) is 0 Å². The Hall–Kier alpha value is -3.34. The number of methoxy groups -OCH3 is 1. The van der Waals surface area contributed by atoms with Gasteiger partial charge in [-0.15, -0.1) is 0 Å². The third-order valence-electron chi connectivity index (χ3n) is 7.66. The Labute approximate surface area is 206 Å². The number of amides is 1. The van der Waals surface area contributed by atoms with E-state index in [1.807, 2.05) is 18.2 Å². The molecule has 2 fully saturated rings. The van der Waals surface area contributed by atoms with Gasteiger partial charge in [-0.1, -0.05) is 55.7 Å². The zero-order valence-electron chi connectivity index (χ0n) is 20.3. The third-order valence-corrected chi connectivity index (χ3v) is 7.66. The summed E-state index contributed by atoms with van der Waals surface area (Å²) in [5.74, 6) is 1.61. The predicted molar refractivity (Wildman–Crippen MR) is 136 cm³/mol. The lowest BCUT2D eigenvalue weighted by molar-refractivity contribution is -0.123. The van der Waals surface area contributed by atoms with Crippen molar-refractivity contribution in [2.75, 3.05) is 13.7 Å². The molecule has 0 spiro atoms. The lowest BCUT2D eigenvalue weighted by atomic mass is 9.70. The van der Waals surface area contributed by atoms with Crippen LogP contribution in [-0.2, 0) is 16.1 Å². The van der Waals surface area contributed by atoms with Crippen LogP contribution < -0.4 is 10.1 Å². The summed E-state index contributed by atoms with van der Waals surface area (Å²) in [7, 11) is 1.38. The van der Waals surface area contributed by atoms with Crippen molar-refractivity contribution in [1.29, 1.82) is 0 Å². The standard InChI is InChI=1S/C30H33NO4/c1-34-30(33)25-9-5-6-20(16-25)19-35-26-13-12-22-17-24(11-10-23(22)18-26)28(21-7-3-2-4-8-21)27-14-15-31-29(27)32/h5-6,9-13,16-18,21,27-28H,2-4,7-8,14-15,19H2,1H3,(H,31,32). The van der Waals surface area contributed by atoms with Crippen LogP contribution >= 0.6 is 0 Å². The molecule has 3 aromatic carbocycles. The van der Waals surface area contributed by atoms with Gasteiger partial charge in [0.1, 0.15) is 12.4 Å². The van der Waals surface area contributed by atoms with Gasteiger partial charge in [-0.3, -0.25) is 4.79 Å². The van der Waals surface area contributed by atoms with Crippen LogP contribution in [0.15, 0.2) is 60.7 Å². The number of esters is 1. The van der Waals surface area contributed by atoms with Gasteiger partial charge in [0.15, 0.2) is 0 Å². The Bertz CT molecular complexity index is 1210. The van der Waals surface area contributed by atoms with Crippen LogP contribution in [0.3, 0.4) is 0 Å². The molecule has 182 valence electrons. The normalized spacial score (nSPS) is 19.3. The first-order valence-electron chi connectivity index (χ1n) is 12.7. The summed E-state index contributed by atoms with van der Waals surface area (Å²) in [6, 6.07) is 20.1. The molecule has 1 aliphatic carbocycles. The summed E-state index contributed by atoms with van der Waals surface area (Å²) in [5.41, 5.74) is 2.72. The Morgan fingerprint density at radius 2 is 1.77 bits per heavy atom. The van der Waals surface area contributed by atoms with Gasteiger partial charge < -0.3 is 14.8 Å². The number of nitrogens with one attached hydrogen (secondary N) is 1. The Kier molecular flexibility index (Phi) is 7.03. The van der Waals surface area contributed by atoms with Crippen LogP contribution in [0.25, 0.3) is 10.8 Å². The van der Waals surface area contributed by atoms with Crippen molar-refractivity contribution in [3.63, 3.8) is 0 Å². The maximum atomic E-state index is 12.7. The summed E-state index contributed by atoms with van der Waals surface area (Å²) in [4.78, 5) is 24.4. The average Bonchev–Trinajstić information content (AvgIpc) is 3.33. The number of hydrogen-bond acceptors (Lipinski definition) is 4. The minimum absolute atomic E-state index is 0.0823. The molecule has 1 aliphatic heterocycles. The molecule has 0 radical (unpaired) electrons. The van der Waals surface area contributed by atoms with E-state index in [9.17, 15) is 9.59 Å². The van der Waals surface area contributed by atoms with Gasteiger partial charge in [0.05, 0.1) is 12.7 Å². The zero-order valence-corrected chi connectivity index (χ0v) is 20.3. The molecule has 2 atom stereocenters. The van der Waals surface area contributed by atoms with Crippen molar-refractivity contribution in [1.82, 2.24) is 5.32 Å². The monoisotopic (exact) mass is 471 g/mol. The first-order chi connectivity index (χ1) is 17.1. The fourth-order valence-electron chi connectivity index (χ4n) is 5.89. The SMILES string of the molecule is COC(=O)c1cccc(COc2ccc3cc(C(C4CCCCC4)C4CCNC4=O)ccc3c2)c1. The van der Waals surface area contributed by atoms with Crippen LogP contribution in [0.5, 0.6) is 5.75 Å². The molecule has 0 bridgehead atoms. The van der Waals surface area contributed by atoms with Crippen molar-refractivity contribution in [3.8, 4) is 5.75 Å². The fraction of sp³-hybridized carbons (Fsp3) is 0.400. The molecule has 5 heteroatoms. The maximum absolute atomic E-state index is 12.7. The minimum Gasteiger partial charge on any atom is -0.489 e. The second kappa shape index (κ2) is 10.5. The van der Waals surface area contributed by atoms with Crippen LogP contribution in [0.1, 0.15) is 65.9 Å². The maximum Gasteiger partial charge on any atom is 0.337 e. The topological polar surface area (TPSA) is 64.6 Å². The number of rotatable bonds is 7. The molecular weight excluding hydrogens is 438 g/mol. The van der Waals surface area contributed by atoms with E-state index in [4.69, 9.17) is 9.47 Å². The summed E-state index contributed by atoms with van der Waals surface area (Å²) in [6.45, 7) is 1.17. The minimum atomic E-state index is -0.352. The third kappa shape index (κ3) is 5.19. The zero-order chi connectivity index (χ0) is 24.2. The molecule has 1 heterocycles. The Morgan fingerprint density at radius 1 is 0.971 bits per heavy atom. The van der Waals surface area contributed by atoms with E-state index < -0.39 is 0 Å². The summed E-state index contributed by atoms with van der Waals surface area (Å²) < 4.78 is 10.8. The molecule has 5 nitrogen and oxygen atoms in total. The van der Waals surface area contributed by atoms with E-state index >= 15 is 0 Å². The molecule has 35 heavy (non-hydrogen) atoms. The molecule has 1 saturated carbocycles. The lowest BCUT2D eigenvalue weighted by Gasteiger charge is -2.34. The summed E-state index contributed by atoms with van der Waals surface area (Å²) >= 11 is 0. The van der Waals surface area contributed by atoms with Crippen LogP contribution in [-0.4, -0.2) is 25.5 Å². The molecule has 3 aromatic rings. The highest BCUT2D eigenvalue weighted by atomic mass is 16.5. The van der Waals surface area contributed by atoms with Gasteiger partial charge in [0, 0.05) is 12.5 Å². The number of ether oxygens (including phenoxy) is 2. The van der Waals surface area contributed by atoms with E-state index in [-0.39, 0.29) is 17.8 Å². The molecular formula is C30H33NO4. The lowest BCUT2D eigenvalue weighted by Crippen LogP contribution is -2.29. The molecule has 0 aromatic heterocycles. The Morgan fingerprint density at radius 3 is 2.54 bits per heavy atom. The van der Waals surface area contributed by atoms with E-state index in [0.29, 0.717) is 24.0 Å². The first kappa shape index (κ1) is 23.4. The van der Waals surface area contributed by atoms with Crippen LogP contribution in [0.4, 0.5) is 0 Å². The van der Waals surface area contributed by atoms with Gasteiger partial charge >= 0.3 is 5.97 Å². The molecule has 5 rings (SSSR count). The fourth-order valence-corrected chi connectivity index (χ4v) is 5.89. The van der Waals surface area contributed by atoms with Gasteiger partial charge in [0.25, 0.3) is 0 Å². The molecule has 2 unspecified atom stereocenters. The van der Waals surface area contributed by atoms with Gasteiger partial charge in [0.2, 0.25) is 5.91 Å². The smallest absolute Gasteiger partial charge is 0.337 e. The van der Waals surface area contributed by atoms with E-state index in [2.05, 4.69) is 35.6 Å². The first-order valence-corrected chi connectivity index (χ1v) is 12.7. The number of fused-ring (bicyclic) bond motifs is 1. The van der Waals surface area contributed by atoms with Crippen molar-refractivity contribution < 1.29 is 19.1 Å². The van der Waals surface area contributed by atoms with Crippen molar-refractivity contribution >= 4 is 22.6 Å². The summed E-state index contributed by atoms with van der Waals surface area (Å²) in [6.07, 6.45) is 7.22. The number of carbonyl (C=O) groups is 2. The highest BCUT2D eigenvalue weighted by Crippen LogP contribution is 2.43. The predicted octanol–water partition coefficient (Wildman–Crippen LogP) is 6.01. The van der Waals surface area contributed by atoms with E-state index in [1.165, 1.54) is 50.2 Å². The van der Waals surface area contributed by atoms with Crippen molar-refractivity contribution in [2.24, 2.45) is 11.8 Å². The second-order valence-corrected chi connectivity index (χ2v) is 9.86. The van der Waals surface area contributed by atoms with Gasteiger partial charge in [-0.25, -0.2) is 4.79 Å². The molecule has 2 aliphatic rings. The van der Waals surface area contributed by atoms with E-state index in [1.54, 1.807) is 12.1 Å². The van der Waals surface area contributed by atoms with Crippen LogP contribution in [0, 0.1) is 11.8 Å². The largest absolute Gasteiger partial charge is 0.489 e. The molecule has 1 amide bonds. The van der Waals surface area contributed by atoms with Gasteiger partial charge in [-0.05, 0) is 77.3 Å². The van der Waals surface area contributed by atoms with Crippen LogP contribution in [0.2, 0.25) is 0 Å². The Balaban J connectivity index is 1.35. The summed E-state index contributed by atoms with van der Waals surface area (Å²) in [5, 5.41) is 5.35. The number of carbonyl (C=O) groups excluding carboxylic acids is 2. The number of hydrogen-bond donors (Lipinski definition) is 1. The quantitative estimate of drug-likeness (QED) is 0.429. The molecule has 1 saturated heterocycles. The van der Waals surface area contributed by atoms with E-state index in [0.717, 1.165) is 29.7 Å². The average molecular weight is 472 g/mol. The highest BCUT2D eigenvalue weighted by molar-refractivity contribution is 5.89. The number of benzene rings is 3. The second-order valence-electron chi connectivity index (χ2n) is 9.86.